The van der Waals surface area contributed by atoms with Gasteiger partial charge in [-0.15, -0.1) is 0 Å². The van der Waals surface area contributed by atoms with Gasteiger partial charge in [-0.2, -0.15) is 0 Å². The first kappa shape index (κ1) is 17.1. The molecule has 0 aromatic heterocycles. The molecular weight excluding hydrogens is 294 g/mol. The highest BCUT2D eigenvalue weighted by molar-refractivity contribution is 5.78. The highest BCUT2D eigenvalue weighted by Gasteiger charge is 2.08. The summed E-state index contributed by atoms with van der Waals surface area (Å²) < 4.78 is 5.07. The first-order valence-corrected chi connectivity index (χ1v) is 8.01. The van der Waals surface area contributed by atoms with Crippen molar-refractivity contribution in [3.05, 3.63) is 41.5 Å². The molecule has 23 heavy (non-hydrogen) atoms. The number of allylic oxidation sites excluding steroid dienone is 1. The van der Waals surface area contributed by atoms with Gasteiger partial charge in [-0.05, 0) is 49.8 Å². The van der Waals surface area contributed by atoms with Gasteiger partial charge in [0.05, 0.1) is 0 Å². The van der Waals surface area contributed by atoms with Crippen LogP contribution in [0, 0.1) is 0 Å². The summed E-state index contributed by atoms with van der Waals surface area (Å²) in [5.41, 5.74) is 2.33. The van der Waals surface area contributed by atoms with Crippen LogP contribution in [0.15, 0.2) is 35.9 Å². The van der Waals surface area contributed by atoms with Crippen LogP contribution in [0.2, 0.25) is 0 Å². The topological polar surface area (TPSA) is 75.6 Å². The lowest BCUT2D eigenvalue weighted by Crippen LogP contribution is -2.26. The molecule has 1 aromatic carbocycles. The minimum absolute atomic E-state index is 0.0829. The number of carboxylic acid groups (broad SMARTS) is 1. The summed E-state index contributed by atoms with van der Waals surface area (Å²) in [5, 5.41) is 11.5. The highest BCUT2D eigenvalue weighted by Crippen LogP contribution is 2.19. The van der Waals surface area contributed by atoms with E-state index in [-0.39, 0.29) is 12.5 Å². The third-order valence-corrected chi connectivity index (χ3v) is 3.79. The van der Waals surface area contributed by atoms with Crippen molar-refractivity contribution in [3.63, 3.8) is 0 Å². The number of benzene rings is 1. The number of amides is 1. The highest BCUT2D eigenvalue weighted by atomic mass is 16.5. The summed E-state index contributed by atoms with van der Waals surface area (Å²) in [4.78, 5) is 22.3. The molecule has 5 heteroatoms. The number of carboxylic acids is 1. The zero-order valence-electron chi connectivity index (χ0n) is 13.2. The maximum Gasteiger partial charge on any atom is 0.341 e. The molecule has 0 fully saturated rings. The summed E-state index contributed by atoms with van der Waals surface area (Å²) >= 11 is 0. The predicted octanol–water partition coefficient (Wildman–Crippen LogP) is 2.70. The third-order valence-electron chi connectivity index (χ3n) is 3.79. The smallest absolute Gasteiger partial charge is 0.341 e. The maximum atomic E-state index is 11.9. The van der Waals surface area contributed by atoms with Crippen LogP contribution < -0.4 is 10.1 Å². The summed E-state index contributed by atoms with van der Waals surface area (Å²) in [6.07, 6.45) is 8.02. The molecule has 1 aliphatic rings. The fraction of sp³-hybridized carbons (Fsp3) is 0.444. The van der Waals surface area contributed by atoms with Crippen LogP contribution in [-0.2, 0) is 16.0 Å². The second kappa shape index (κ2) is 8.98. The van der Waals surface area contributed by atoms with Gasteiger partial charge in [0.25, 0.3) is 0 Å². The van der Waals surface area contributed by atoms with Crippen molar-refractivity contribution in [2.75, 3.05) is 13.2 Å². The number of carbonyl (C=O) groups is 2. The number of ether oxygens (including phenoxy) is 1. The van der Waals surface area contributed by atoms with E-state index in [1.807, 2.05) is 12.1 Å². The van der Waals surface area contributed by atoms with Gasteiger partial charge in [-0.3, -0.25) is 4.79 Å². The molecule has 0 saturated heterocycles. The summed E-state index contributed by atoms with van der Waals surface area (Å²) in [6, 6.07) is 7.25. The molecule has 1 amide bonds. The Kier molecular flexibility index (Phi) is 6.66. The minimum atomic E-state index is -0.995. The largest absolute Gasteiger partial charge is 0.482 e. The number of hydrogen-bond acceptors (Lipinski definition) is 3. The molecule has 5 nitrogen and oxygen atoms in total. The number of aliphatic carboxylic acids is 1. The fourth-order valence-corrected chi connectivity index (χ4v) is 2.58. The van der Waals surface area contributed by atoms with Gasteiger partial charge in [0, 0.05) is 13.0 Å². The third kappa shape index (κ3) is 6.55. The summed E-state index contributed by atoms with van der Waals surface area (Å²) in [6.45, 7) is 0.257. The van der Waals surface area contributed by atoms with Gasteiger partial charge < -0.3 is 15.2 Å². The molecule has 0 heterocycles. The zero-order valence-corrected chi connectivity index (χ0v) is 13.2. The lowest BCUT2D eigenvalue weighted by molar-refractivity contribution is -0.139. The molecule has 0 radical (unpaired) electrons. The van der Waals surface area contributed by atoms with E-state index in [4.69, 9.17) is 9.84 Å². The summed E-state index contributed by atoms with van der Waals surface area (Å²) in [7, 11) is 0. The average molecular weight is 317 g/mol. The van der Waals surface area contributed by atoms with E-state index in [1.54, 1.807) is 12.1 Å². The van der Waals surface area contributed by atoms with Crippen molar-refractivity contribution in [2.24, 2.45) is 0 Å². The van der Waals surface area contributed by atoms with Gasteiger partial charge in [0.1, 0.15) is 5.75 Å². The van der Waals surface area contributed by atoms with Crippen LogP contribution in [0.4, 0.5) is 0 Å². The van der Waals surface area contributed by atoms with Crippen LogP contribution in [0.1, 0.15) is 37.7 Å². The second-order valence-corrected chi connectivity index (χ2v) is 5.71. The molecule has 0 atom stereocenters. The van der Waals surface area contributed by atoms with Crippen molar-refractivity contribution in [1.82, 2.24) is 5.32 Å². The molecule has 0 unspecified atom stereocenters. The lowest BCUT2D eigenvalue weighted by atomic mass is 9.97. The molecular formula is C18H23NO4. The quantitative estimate of drug-likeness (QED) is 0.723. The number of hydrogen-bond donors (Lipinski definition) is 2. The van der Waals surface area contributed by atoms with Crippen LogP contribution in [0.25, 0.3) is 0 Å². The van der Waals surface area contributed by atoms with E-state index in [1.165, 1.54) is 18.4 Å². The van der Waals surface area contributed by atoms with E-state index < -0.39 is 5.97 Å². The first-order valence-electron chi connectivity index (χ1n) is 8.01. The zero-order chi connectivity index (χ0) is 16.5. The monoisotopic (exact) mass is 317 g/mol. The van der Waals surface area contributed by atoms with Gasteiger partial charge in [0.2, 0.25) is 5.91 Å². The van der Waals surface area contributed by atoms with Gasteiger partial charge in [-0.1, -0.05) is 23.8 Å². The molecule has 2 rings (SSSR count). The van der Waals surface area contributed by atoms with E-state index in [9.17, 15) is 9.59 Å². The number of carbonyl (C=O) groups excluding carboxylic acids is 1. The van der Waals surface area contributed by atoms with Crippen LogP contribution in [0.3, 0.4) is 0 Å². The Morgan fingerprint density at radius 1 is 1.17 bits per heavy atom. The standard InChI is InChI=1S/C18H23NO4/c20-17(12-15-4-2-1-3-5-15)19-11-10-14-6-8-16(9-7-14)23-13-18(21)22/h4,6-9H,1-3,5,10-13H2,(H,19,20)(H,21,22). The van der Waals surface area contributed by atoms with E-state index in [0.29, 0.717) is 18.7 Å². The predicted molar refractivity (Wildman–Crippen MR) is 87.5 cm³/mol. The fourth-order valence-electron chi connectivity index (χ4n) is 2.58. The lowest BCUT2D eigenvalue weighted by Gasteiger charge is -2.12. The SMILES string of the molecule is O=C(O)COc1ccc(CCNC(=O)CC2=CCCCC2)cc1. The van der Waals surface area contributed by atoms with Crippen molar-refractivity contribution >= 4 is 11.9 Å². The molecule has 2 N–H and O–H groups in total. The average Bonchev–Trinajstić information content (AvgIpc) is 2.55. The molecule has 1 aromatic rings. The second-order valence-electron chi connectivity index (χ2n) is 5.71. The van der Waals surface area contributed by atoms with Crippen LogP contribution >= 0.6 is 0 Å². The van der Waals surface area contributed by atoms with Gasteiger partial charge in [0.15, 0.2) is 6.61 Å². The number of rotatable bonds is 8. The van der Waals surface area contributed by atoms with Crippen molar-refractivity contribution in [1.29, 1.82) is 0 Å². The van der Waals surface area contributed by atoms with Crippen molar-refractivity contribution in [2.45, 2.75) is 38.5 Å². The van der Waals surface area contributed by atoms with Crippen LogP contribution in [-0.4, -0.2) is 30.1 Å². The number of nitrogens with one attached hydrogen (secondary N) is 1. The molecule has 0 spiro atoms. The van der Waals surface area contributed by atoms with E-state index in [0.717, 1.165) is 24.8 Å². The molecule has 0 bridgehead atoms. The Bertz CT molecular complexity index is 563. The Labute approximate surface area is 136 Å². The molecule has 0 saturated carbocycles. The Hall–Kier alpha value is -2.30. The molecule has 0 aliphatic heterocycles. The van der Waals surface area contributed by atoms with Gasteiger partial charge in [-0.25, -0.2) is 4.79 Å². The van der Waals surface area contributed by atoms with Crippen LogP contribution in [0.5, 0.6) is 5.75 Å². The van der Waals surface area contributed by atoms with E-state index in [2.05, 4.69) is 11.4 Å². The first-order chi connectivity index (χ1) is 11.1. The Morgan fingerprint density at radius 2 is 1.96 bits per heavy atom. The Balaban J connectivity index is 1.68. The van der Waals surface area contributed by atoms with Crippen molar-refractivity contribution < 1.29 is 19.4 Å². The summed E-state index contributed by atoms with van der Waals surface area (Å²) in [5.74, 6) is -0.381. The normalized spacial score (nSPS) is 14.0. The van der Waals surface area contributed by atoms with Crippen molar-refractivity contribution in [3.8, 4) is 5.75 Å². The van der Waals surface area contributed by atoms with E-state index >= 15 is 0 Å². The maximum absolute atomic E-state index is 11.9. The molecule has 124 valence electrons. The molecule has 1 aliphatic carbocycles. The van der Waals surface area contributed by atoms with Gasteiger partial charge >= 0.3 is 5.97 Å². The minimum Gasteiger partial charge on any atom is -0.482 e. The Morgan fingerprint density at radius 3 is 2.61 bits per heavy atom.